The van der Waals surface area contributed by atoms with E-state index >= 15 is 0 Å². The van der Waals surface area contributed by atoms with E-state index in [9.17, 15) is 4.79 Å². The van der Waals surface area contributed by atoms with Crippen LogP contribution in [0.5, 0.6) is 0 Å². The number of hydrogen-bond acceptors (Lipinski definition) is 2. The molecular weight excluding hydrogens is 206 g/mol. The van der Waals surface area contributed by atoms with Gasteiger partial charge in [0.2, 0.25) is 0 Å². The molecule has 0 aliphatic carbocycles. The molecule has 2 nitrogen and oxygen atoms in total. The maximum atomic E-state index is 12.2. The molecule has 1 aromatic rings. The van der Waals surface area contributed by atoms with E-state index < -0.39 is 0 Å². The van der Waals surface area contributed by atoms with Gasteiger partial charge in [0.25, 0.3) is 5.91 Å². The number of hydrogen-bond donors (Lipinski definition) is 0. The molecule has 0 spiro atoms. The highest BCUT2D eigenvalue weighted by Gasteiger charge is 2.26. The molecule has 1 aliphatic rings. The number of likely N-dealkylation sites (tertiary alicyclic amines) is 1. The van der Waals surface area contributed by atoms with Crippen molar-refractivity contribution in [3.63, 3.8) is 0 Å². The van der Waals surface area contributed by atoms with Crippen molar-refractivity contribution in [1.82, 2.24) is 4.90 Å². The molecule has 0 bridgehead atoms. The van der Waals surface area contributed by atoms with Gasteiger partial charge in [0.15, 0.2) is 0 Å². The number of nitrogens with zero attached hydrogens (tertiary/aromatic N) is 1. The highest BCUT2D eigenvalue weighted by atomic mass is 32.1. The zero-order valence-corrected chi connectivity index (χ0v) is 9.93. The first kappa shape index (κ1) is 10.7. The van der Waals surface area contributed by atoms with Gasteiger partial charge in [0, 0.05) is 12.6 Å². The van der Waals surface area contributed by atoms with Gasteiger partial charge in [-0.3, -0.25) is 4.79 Å². The number of carbonyl (C=O) groups is 1. The van der Waals surface area contributed by atoms with Crippen molar-refractivity contribution in [1.29, 1.82) is 0 Å². The first-order valence-corrected chi connectivity index (χ1v) is 6.55. The summed E-state index contributed by atoms with van der Waals surface area (Å²) in [6, 6.07) is 4.34. The Morgan fingerprint density at radius 2 is 2.47 bits per heavy atom. The van der Waals surface area contributed by atoms with Crippen LogP contribution >= 0.6 is 11.3 Å². The molecular formula is C12H17NOS. The summed E-state index contributed by atoms with van der Waals surface area (Å²) in [5.74, 6) is 0.233. The van der Waals surface area contributed by atoms with Gasteiger partial charge in [0.1, 0.15) is 0 Å². The number of carbonyl (C=O) groups excluding carboxylic acids is 1. The normalized spacial score (nSPS) is 21.7. The zero-order valence-electron chi connectivity index (χ0n) is 9.11. The summed E-state index contributed by atoms with van der Waals surface area (Å²) >= 11 is 1.55. The minimum Gasteiger partial charge on any atom is -0.335 e. The molecule has 0 N–H and O–H groups in total. The fourth-order valence-electron chi connectivity index (χ4n) is 2.23. The van der Waals surface area contributed by atoms with Crippen molar-refractivity contribution in [3.05, 3.63) is 22.4 Å². The SMILES string of the molecule is CC[C@H]1CCCCN1C(=O)c1cccs1. The smallest absolute Gasteiger partial charge is 0.264 e. The van der Waals surface area contributed by atoms with Crippen molar-refractivity contribution < 1.29 is 4.79 Å². The lowest BCUT2D eigenvalue weighted by Crippen LogP contribution is -2.43. The van der Waals surface area contributed by atoms with Crippen LogP contribution in [0.25, 0.3) is 0 Å². The Balaban J connectivity index is 2.11. The molecule has 1 amide bonds. The highest BCUT2D eigenvalue weighted by molar-refractivity contribution is 7.12. The number of piperidine rings is 1. The summed E-state index contributed by atoms with van der Waals surface area (Å²) in [4.78, 5) is 15.1. The maximum absolute atomic E-state index is 12.2. The van der Waals surface area contributed by atoms with E-state index in [1.54, 1.807) is 11.3 Å². The van der Waals surface area contributed by atoms with Gasteiger partial charge in [-0.05, 0) is 37.1 Å². The van der Waals surface area contributed by atoms with Gasteiger partial charge in [-0.2, -0.15) is 0 Å². The van der Waals surface area contributed by atoms with Crippen LogP contribution in [0, 0.1) is 0 Å². The predicted octanol–water partition coefficient (Wildman–Crippen LogP) is 3.15. The fourth-order valence-corrected chi connectivity index (χ4v) is 2.91. The summed E-state index contributed by atoms with van der Waals surface area (Å²) in [5, 5.41) is 1.97. The first-order valence-electron chi connectivity index (χ1n) is 5.67. The molecule has 2 rings (SSSR count). The zero-order chi connectivity index (χ0) is 10.7. The summed E-state index contributed by atoms with van der Waals surface area (Å²) in [6.45, 7) is 3.11. The summed E-state index contributed by atoms with van der Waals surface area (Å²) in [6.07, 6.45) is 4.69. The minimum absolute atomic E-state index is 0.233. The number of thiophene rings is 1. The van der Waals surface area contributed by atoms with E-state index in [0.717, 1.165) is 24.3 Å². The van der Waals surface area contributed by atoms with Crippen LogP contribution in [-0.2, 0) is 0 Å². The van der Waals surface area contributed by atoms with Crippen molar-refractivity contribution in [2.45, 2.75) is 38.6 Å². The Hall–Kier alpha value is -0.830. The van der Waals surface area contributed by atoms with Crippen molar-refractivity contribution in [2.75, 3.05) is 6.54 Å². The predicted molar refractivity (Wildman–Crippen MR) is 63.3 cm³/mol. The van der Waals surface area contributed by atoms with E-state index in [-0.39, 0.29) is 5.91 Å². The van der Waals surface area contributed by atoms with E-state index in [2.05, 4.69) is 11.8 Å². The summed E-state index contributed by atoms with van der Waals surface area (Å²) < 4.78 is 0. The molecule has 1 atom stereocenters. The molecule has 1 saturated heterocycles. The standard InChI is InChI=1S/C12H17NOS/c1-2-10-6-3-4-8-13(10)12(14)11-7-5-9-15-11/h5,7,9-10H,2-4,6,8H2,1H3/t10-/m0/s1. The van der Waals surface area contributed by atoms with E-state index in [0.29, 0.717) is 6.04 Å². The Kier molecular flexibility index (Phi) is 3.41. The summed E-state index contributed by atoms with van der Waals surface area (Å²) in [7, 11) is 0. The lowest BCUT2D eigenvalue weighted by Gasteiger charge is -2.34. The monoisotopic (exact) mass is 223 g/mol. The Bertz CT molecular complexity index is 320. The third kappa shape index (κ3) is 2.23. The molecule has 1 fully saturated rings. The third-order valence-corrected chi connectivity index (χ3v) is 3.95. The largest absolute Gasteiger partial charge is 0.335 e. The van der Waals surface area contributed by atoms with E-state index in [1.165, 1.54) is 12.8 Å². The van der Waals surface area contributed by atoms with Crippen molar-refractivity contribution in [3.8, 4) is 0 Å². The second kappa shape index (κ2) is 4.79. The third-order valence-electron chi connectivity index (χ3n) is 3.09. The molecule has 0 unspecified atom stereocenters. The lowest BCUT2D eigenvalue weighted by molar-refractivity contribution is 0.0613. The molecule has 0 saturated carbocycles. The van der Waals surface area contributed by atoms with Crippen LogP contribution in [0.2, 0.25) is 0 Å². The minimum atomic E-state index is 0.233. The number of amides is 1. The Morgan fingerprint density at radius 3 is 3.13 bits per heavy atom. The quantitative estimate of drug-likeness (QED) is 0.754. The van der Waals surface area contributed by atoms with Crippen LogP contribution in [0.4, 0.5) is 0 Å². The number of rotatable bonds is 2. The van der Waals surface area contributed by atoms with Gasteiger partial charge >= 0.3 is 0 Å². The fraction of sp³-hybridized carbons (Fsp3) is 0.583. The maximum Gasteiger partial charge on any atom is 0.264 e. The topological polar surface area (TPSA) is 20.3 Å². The van der Waals surface area contributed by atoms with Crippen LogP contribution in [-0.4, -0.2) is 23.4 Å². The van der Waals surface area contributed by atoms with Gasteiger partial charge < -0.3 is 4.90 Å². The average molecular weight is 223 g/mol. The van der Waals surface area contributed by atoms with Gasteiger partial charge in [0.05, 0.1) is 4.88 Å². The van der Waals surface area contributed by atoms with E-state index in [1.807, 2.05) is 17.5 Å². The molecule has 15 heavy (non-hydrogen) atoms. The molecule has 82 valence electrons. The average Bonchev–Trinajstić information content (AvgIpc) is 2.81. The molecule has 0 aromatic carbocycles. The second-order valence-corrected chi connectivity index (χ2v) is 4.98. The lowest BCUT2D eigenvalue weighted by atomic mass is 10.00. The second-order valence-electron chi connectivity index (χ2n) is 4.03. The first-order chi connectivity index (χ1) is 7.33. The van der Waals surface area contributed by atoms with Crippen molar-refractivity contribution in [2.24, 2.45) is 0 Å². The Labute approximate surface area is 94.9 Å². The molecule has 0 radical (unpaired) electrons. The molecule has 2 heterocycles. The Morgan fingerprint density at radius 1 is 1.60 bits per heavy atom. The van der Waals surface area contributed by atoms with Crippen LogP contribution in [0.1, 0.15) is 42.3 Å². The van der Waals surface area contributed by atoms with Gasteiger partial charge in [-0.15, -0.1) is 11.3 Å². The van der Waals surface area contributed by atoms with Gasteiger partial charge in [-0.1, -0.05) is 13.0 Å². The molecule has 3 heteroatoms. The molecule has 1 aromatic heterocycles. The highest BCUT2D eigenvalue weighted by Crippen LogP contribution is 2.23. The van der Waals surface area contributed by atoms with Gasteiger partial charge in [-0.25, -0.2) is 0 Å². The summed E-state index contributed by atoms with van der Waals surface area (Å²) in [5.41, 5.74) is 0. The van der Waals surface area contributed by atoms with Crippen LogP contribution in [0.3, 0.4) is 0 Å². The molecule has 1 aliphatic heterocycles. The van der Waals surface area contributed by atoms with E-state index in [4.69, 9.17) is 0 Å². The van der Waals surface area contributed by atoms with Crippen LogP contribution < -0.4 is 0 Å². The van der Waals surface area contributed by atoms with Crippen molar-refractivity contribution >= 4 is 17.2 Å². The van der Waals surface area contributed by atoms with Crippen LogP contribution in [0.15, 0.2) is 17.5 Å².